The van der Waals surface area contributed by atoms with Crippen LogP contribution in [0.4, 0.5) is 0 Å². The highest BCUT2D eigenvalue weighted by atomic mass is 33.3. The van der Waals surface area contributed by atoms with Crippen molar-refractivity contribution in [2.75, 3.05) is 12.9 Å². The van der Waals surface area contributed by atoms with E-state index < -0.39 is 6.72 Å². The molecule has 100 valence electrons. The summed E-state index contributed by atoms with van der Waals surface area (Å²) in [4.78, 5) is 4.41. The van der Waals surface area contributed by atoms with Crippen LogP contribution in [0.5, 0.6) is 0 Å². The summed E-state index contributed by atoms with van der Waals surface area (Å²) in [5, 5.41) is 2.81. The molecule has 1 saturated carbocycles. The second-order valence-electron chi connectivity index (χ2n) is 3.86. The molecule has 4 nitrogen and oxygen atoms in total. The first-order valence-electron chi connectivity index (χ1n) is 5.96. The minimum atomic E-state index is -2.80. The van der Waals surface area contributed by atoms with Gasteiger partial charge in [-0.25, -0.2) is 0 Å². The predicted molar refractivity (Wildman–Crippen MR) is 78.8 cm³/mol. The van der Waals surface area contributed by atoms with Crippen LogP contribution in [0.2, 0.25) is 0 Å². The monoisotopic (exact) mass is 296 g/mol. The summed E-state index contributed by atoms with van der Waals surface area (Å²) < 4.78 is 17.1. The number of aliphatic imine (C=N–C) groups is 1. The number of hydrogen-bond donors (Lipinski definition) is 1. The molecule has 17 heavy (non-hydrogen) atoms. The fraction of sp³-hybridized carbons (Fsp3) is 0.900. The Bertz CT molecular complexity index is 283. The molecule has 0 bridgehead atoms. The summed E-state index contributed by atoms with van der Waals surface area (Å²) in [6, 6.07) is 0.394. The molecule has 1 rings (SSSR count). The largest absolute Gasteiger partial charge is 0.361 e. The molecular weight excluding hydrogens is 275 g/mol. The van der Waals surface area contributed by atoms with Gasteiger partial charge in [0.15, 0.2) is 0 Å². The highest BCUT2D eigenvalue weighted by Gasteiger charge is 2.21. The van der Waals surface area contributed by atoms with Gasteiger partial charge < -0.3 is 4.52 Å². The lowest BCUT2D eigenvalue weighted by atomic mass is 9.96. The quantitative estimate of drug-likeness (QED) is 0.332. The maximum absolute atomic E-state index is 12.1. The predicted octanol–water partition coefficient (Wildman–Crippen LogP) is 4.09. The van der Waals surface area contributed by atoms with Crippen LogP contribution in [-0.4, -0.2) is 25.2 Å². The summed E-state index contributed by atoms with van der Waals surface area (Å²) in [6.45, 7) is -0.782. The van der Waals surface area contributed by atoms with Gasteiger partial charge in [-0.05, 0) is 12.8 Å². The molecule has 0 aromatic heterocycles. The second kappa shape index (κ2) is 8.46. The van der Waals surface area contributed by atoms with Crippen LogP contribution in [0.25, 0.3) is 0 Å². The zero-order chi connectivity index (χ0) is 12.6. The fourth-order valence-electron chi connectivity index (χ4n) is 1.67. The van der Waals surface area contributed by atoms with E-state index in [1.165, 1.54) is 47.6 Å². The van der Waals surface area contributed by atoms with E-state index in [1.54, 1.807) is 6.34 Å². The summed E-state index contributed by atoms with van der Waals surface area (Å²) in [5.41, 5.74) is 0. The van der Waals surface area contributed by atoms with Gasteiger partial charge in [0.25, 0.3) is 0 Å². The second-order valence-corrected chi connectivity index (χ2v) is 10.4. The Kier molecular flexibility index (Phi) is 7.67. The highest BCUT2D eigenvalue weighted by Crippen LogP contribution is 2.60. The SMILES string of the molecule is CCSSP(=O)(NC=NC1CCCCC1)OC. The number of nitrogens with zero attached hydrogens (tertiary/aromatic N) is 1. The van der Waals surface area contributed by atoms with Crippen molar-refractivity contribution >= 4 is 34.3 Å². The Balaban J connectivity index is 2.34. The van der Waals surface area contributed by atoms with E-state index in [9.17, 15) is 4.57 Å². The molecule has 0 amide bonds. The van der Waals surface area contributed by atoms with Gasteiger partial charge in [-0.15, -0.1) is 0 Å². The zero-order valence-electron chi connectivity index (χ0n) is 10.4. The van der Waals surface area contributed by atoms with E-state index in [1.807, 2.05) is 6.92 Å². The molecule has 0 spiro atoms. The Morgan fingerprint density at radius 2 is 2.18 bits per heavy atom. The van der Waals surface area contributed by atoms with E-state index in [0.29, 0.717) is 6.04 Å². The van der Waals surface area contributed by atoms with Gasteiger partial charge in [-0.2, -0.15) is 0 Å². The van der Waals surface area contributed by atoms with Crippen molar-refractivity contribution in [2.45, 2.75) is 45.1 Å². The summed E-state index contributed by atoms with van der Waals surface area (Å²) >= 11 is 0. The average molecular weight is 296 g/mol. The Labute approximate surface area is 111 Å². The molecule has 0 aliphatic heterocycles. The Morgan fingerprint density at radius 3 is 2.76 bits per heavy atom. The summed E-state index contributed by atoms with van der Waals surface area (Å²) in [7, 11) is 4.25. The zero-order valence-corrected chi connectivity index (χ0v) is 13.0. The molecule has 1 unspecified atom stereocenters. The van der Waals surface area contributed by atoms with Crippen LogP contribution in [0.1, 0.15) is 39.0 Å². The molecule has 0 radical (unpaired) electrons. The number of rotatable bonds is 7. The minimum Gasteiger partial charge on any atom is -0.309 e. The van der Waals surface area contributed by atoms with Crippen LogP contribution >= 0.6 is 27.9 Å². The van der Waals surface area contributed by atoms with Crippen LogP contribution < -0.4 is 5.09 Å². The third kappa shape index (κ3) is 6.18. The summed E-state index contributed by atoms with van der Waals surface area (Å²) in [6.07, 6.45) is 7.69. The van der Waals surface area contributed by atoms with Crippen LogP contribution in [0, 0.1) is 0 Å². The van der Waals surface area contributed by atoms with Crippen LogP contribution in [-0.2, 0) is 9.09 Å². The van der Waals surface area contributed by atoms with Crippen molar-refractivity contribution < 1.29 is 9.09 Å². The maximum atomic E-state index is 12.1. The third-order valence-corrected chi connectivity index (χ3v) is 9.13. The van der Waals surface area contributed by atoms with E-state index in [-0.39, 0.29) is 0 Å². The Hall–Kier alpha value is 0.360. The molecular formula is C10H21N2O2PS2. The van der Waals surface area contributed by atoms with Gasteiger partial charge in [-0.3, -0.25) is 14.6 Å². The lowest BCUT2D eigenvalue weighted by Crippen LogP contribution is -2.13. The van der Waals surface area contributed by atoms with E-state index in [4.69, 9.17) is 4.52 Å². The molecule has 1 N–H and O–H groups in total. The van der Waals surface area contributed by atoms with Gasteiger partial charge in [0, 0.05) is 23.3 Å². The van der Waals surface area contributed by atoms with Crippen molar-refractivity contribution in [1.82, 2.24) is 5.09 Å². The maximum Gasteiger partial charge on any atom is 0.361 e. The molecule has 0 aromatic carbocycles. The highest BCUT2D eigenvalue weighted by molar-refractivity contribution is 8.99. The molecule has 1 aliphatic carbocycles. The normalized spacial score (nSPS) is 21.5. The topological polar surface area (TPSA) is 50.7 Å². The number of nitrogens with one attached hydrogen (secondary N) is 1. The molecule has 1 fully saturated rings. The van der Waals surface area contributed by atoms with Crippen molar-refractivity contribution in [1.29, 1.82) is 0 Å². The standard InChI is InChI=1S/C10H21N2O2PS2/c1-3-16-17-15(13,14-2)12-9-11-10-7-5-4-6-8-10/h9-10H,3-8H2,1-2H3,(H,11,12,13). The van der Waals surface area contributed by atoms with Gasteiger partial charge in [-0.1, -0.05) is 37.0 Å². The Morgan fingerprint density at radius 1 is 1.47 bits per heavy atom. The van der Waals surface area contributed by atoms with Crippen molar-refractivity contribution in [3.63, 3.8) is 0 Å². The minimum absolute atomic E-state index is 0.394. The van der Waals surface area contributed by atoms with Crippen molar-refractivity contribution in [2.24, 2.45) is 4.99 Å². The smallest absolute Gasteiger partial charge is 0.309 e. The average Bonchev–Trinajstić information content (AvgIpc) is 2.38. The van der Waals surface area contributed by atoms with E-state index >= 15 is 0 Å². The van der Waals surface area contributed by atoms with Gasteiger partial charge >= 0.3 is 6.72 Å². The molecule has 1 atom stereocenters. The lowest BCUT2D eigenvalue weighted by Gasteiger charge is -2.18. The first-order chi connectivity index (χ1) is 8.20. The molecule has 0 saturated heterocycles. The number of hydrogen-bond acceptors (Lipinski definition) is 5. The molecule has 0 aromatic rings. The van der Waals surface area contributed by atoms with E-state index in [2.05, 4.69) is 10.1 Å². The molecule has 1 aliphatic rings. The summed E-state index contributed by atoms with van der Waals surface area (Å²) in [5.74, 6) is 0.902. The van der Waals surface area contributed by atoms with Gasteiger partial charge in [0.1, 0.15) is 0 Å². The fourth-order valence-corrected chi connectivity index (χ4v) is 6.65. The van der Waals surface area contributed by atoms with Gasteiger partial charge in [0.2, 0.25) is 0 Å². The van der Waals surface area contributed by atoms with Crippen molar-refractivity contribution in [3.05, 3.63) is 0 Å². The molecule has 0 heterocycles. The van der Waals surface area contributed by atoms with Crippen LogP contribution in [0.3, 0.4) is 0 Å². The third-order valence-electron chi connectivity index (χ3n) is 2.58. The van der Waals surface area contributed by atoms with Gasteiger partial charge in [0.05, 0.1) is 12.4 Å². The molecule has 7 heteroatoms. The lowest BCUT2D eigenvalue weighted by molar-refractivity contribution is 0.406. The van der Waals surface area contributed by atoms with Crippen molar-refractivity contribution in [3.8, 4) is 0 Å². The van der Waals surface area contributed by atoms with E-state index in [0.717, 1.165) is 18.6 Å². The first-order valence-corrected chi connectivity index (χ1v) is 10.5. The first kappa shape index (κ1) is 15.4. The van der Waals surface area contributed by atoms with Crippen LogP contribution in [0.15, 0.2) is 4.99 Å².